The number of hydrogen-bond donors (Lipinski definition) is 1. The van der Waals surface area contributed by atoms with E-state index in [1.807, 2.05) is 0 Å². The van der Waals surface area contributed by atoms with E-state index in [0.717, 1.165) is 19.5 Å². The van der Waals surface area contributed by atoms with Gasteiger partial charge in [-0.25, -0.2) is 0 Å². The summed E-state index contributed by atoms with van der Waals surface area (Å²) >= 11 is 0. The van der Waals surface area contributed by atoms with Crippen LogP contribution in [-0.4, -0.2) is 42.8 Å². The van der Waals surface area contributed by atoms with Crippen molar-refractivity contribution in [2.24, 2.45) is 5.73 Å². The number of ether oxygens (including phenoxy) is 1. The first kappa shape index (κ1) is 12.9. The lowest BCUT2D eigenvalue weighted by atomic mass is 10.1. The summed E-state index contributed by atoms with van der Waals surface area (Å²) in [5, 5.41) is 0. The monoisotopic (exact) mass is 214 g/mol. The Morgan fingerprint density at radius 1 is 1.53 bits per heavy atom. The third-order valence-electron chi connectivity index (χ3n) is 3.04. The topological polar surface area (TPSA) is 38.5 Å². The standard InChI is InChI=1S/C12H26N2O/c1-10(13)6-8-14(4)9-11-5-7-12(2,3)15-11/h10-11H,5-9,13H2,1-4H3. The van der Waals surface area contributed by atoms with Crippen molar-refractivity contribution < 1.29 is 4.74 Å². The van der Waals surface area contributed by atoms with E-state index in [-0.39, 0.29) is 5.60 Å². The molecule has 0 aromatic heterocycles. The van der Waals surface area contributed by atoms with Gasteiger partial charge in [-0.05, 0) is 53.6 Å². The minimum Gasteiger partial charge on any atom is -0.371 e. The summed E-state index contributed by atoms with van der Waals surface area (Å²) in [5.41, 5.74) is 5.82. The van der Waals surface area contributed by atoms with E-state index in [1.54, 1.807) is 0 Å². The Morgan fingerprint density at radius 2 is 2.20 bits per heavy atom. The second-order valence-corrected chi connectivity index (χ2v) is 5.57. The van der Waals surface area contributed by atoms with Gasteiger partial charge in [-0.15, -0.1) is 0 Å². The first-order valence-electron chi connectivity index (χ1n) is 6.01. The molecule has 1 aliphatic rings. The summed E-state index contributed by atoms with van der Waals surface area (Å²) in [6.45, 7) is 8.51. The predicted octanol–water partition coefficient (Wildman–Crippen LogP) is 1.61. The van der Waals surface area contributed by atoms with Crippen molar-refractivity contribution in [2.45, 2.75) is 57.8 Å². The molecule has 3 nitrogen and oxygen atoms in total. The number of nitrogens with two attached hydrogens (primary N) is 1. The van der Waals surface area contributed by atoms with Gasteiger partial charge in [-0.2, -0.15) is 0 Å². The second-order valence-electron chi connectivity index (χ2n) is 5.57. The Balaban J connectivity index is 2.19. The maximum Gasteiger partial charge on any atom is 0.0710 e. The summed E-state index contributed by atoms with van der Waals surface area (Å²) < 4.78 is 5.95. The van der Waals surface area contributed by atoms with Gasteiger partial charge in [0.2, 0.25) is 0 Å². The van der Waals surface area contributed by atoms with Crippen molar-refractivity contribution in [3.8, 4) is 0 Å². The van der Waals surface area contributed by atoms with Crippen LogP contribution in [0.3, 0.4) is 0 Å². The molecule has 3 heteroatoms. The molecule has 1 aliphatic heterocycles. The van der Waals surface area contributed by atoms with E-state index >= 15 is 0 Å². The smallest absolute Gasteiger partial charge is 0.0710 e. The van der Waals surface area contributed by atoms with E-state index in [0.29, 0.717) is 12.1 Å². The molecule has 0 aromatic carbocycles. The van der Waals surface area contributed by atoms with Crippen LogP contribution in [-0.2, 0) is 4.74 Å². The van der Waals surface area contributed by atoms with Crippen LogP contribution in [0, 0.1) is 0 Å². The van der Waals surface area contributed by atoms with Crippen molar-refractivity contribution in [1.29, 1.82) is 0 Å². The van der Waals surface area contributed by atoms with E-state index < -0.39 is 0 Å². The largest absolute Gasteiger partial charge is 0.371 e. The maximum absolute atomic E-state index is 5.95. The van der Waals surface area contributed by atoms with E-state index in [1.165, 1.54) is 12.8 Å². The van der Waals surface area contributed by atoms with Crippen molar-refractivity contribution in [3.63, 3.8) is 0 Å². The Labute approximate surface area is 94.0 Å². The van der Waals surface area contributed by atoms with E-state index in [2.05, 4.69) is 32.7 Å². The molecular weight excluding hydrogens is 188 g/mol. The number of nitrogens with zero attached hydrogens (tertiary/aromatic N) is 1. The fourth-order valence-corrected chi connectivity index (χ4v) is 2.07. The molecule has 0 amide bonds. The quantitative estimate of drug-likeness (QED) is 0.755. The Kier molecular flexibility index (Phi) is 4.56. The zero-order chi connectivity index (χ0) is 11.5. The van der Waals surface area contributed by atoms with Crippen LogP contribution in [0.5, 0.6) is 0 Å². The lowest BCUT2D eigenvalue weighted by Crippen LogP contribution is -2.33. The third kappa shape index (κ3) is 4.96. The summed E-state index contributed by atoms with van der Waals surface area (Å²) in [4.78, 5) is 2.33. The van der Waals surface area contributed by atoms with Gasteiger partial charge in [-0.1, -0.05) is 0 Å². The van der Waals surface area contributed by atoms with Gasteiger partial charge < -0.3 is 15.4 Å². The molecule has 2 N–H and O–H groups in total. The van der Waals surface area contributed by atoms with Crippen LogP contribution in [0.25, 0.3) is 0 Å². The van der Waals surface area contributed by atoms with Crippen molar-refractivity contribution >= 4 is 0 Å². The highest BCUT2D eigenvalue weighted by molar-refractivity contribution is 4.82. The normalized spacial score (nSPS) is 27.2. The minimum atomic E-state index is 0.0899. The molecule has 90 valence electrons. The summed E-state index contributed by atoms with van der Waals surface area (Å²) in [6, 6.07) is 0.299. The van der Waals surface area contributed by atoms with Gasteiger partial charge >= 0.3 is 0 Å². The maximum atomic E-state index is 5.95. The molecule has 1 fully saturated rings. The van der Waals surface area contributed by atoms with Crippen LogP contribution in [0.2, 0.25) is 0 Å². The summed E-state index contributed by atoms with van der Waals surface area (Å²) in [6.07, 6.45) is 3.85. The Hall–Kier alpha value is -0.120. The zero-order valence-corrected chi connectivity index (χ0v) is 10.6. The highest BCUT2D eigenvalue weighted by atomic mass is 16.5. The SMILES string of the molecule is CC(N)CCN(C)CC1CCC(C)(C)O1. The van der Waals surface area contributed by atoms with Gasteiger partial charge in [0.25, 0.3) is 0 Å². The van der Waals surface area contributed by atoms with Crippen LogP contribution < -0.4 is 5.73 Å². The molecular formula is C12H26N2O. The van der Waals surface area contributed by atoms with Crippen molar-refractivity contribution in [2.75, 3.05) is 20.1 Å². The van der Waals surface area contributed by atoms with Gasteiger partial charge in [0.05, 0.1) is 11.7 Å². The first-order chi connectivity index (χ1) is 6.89. The molecule has 0 radical (unpaired) electrons. The molecule has 2 unspecified atom stereocenters. The zero-order valence-electron chi connectivity index (χ0n) is 10.6. The number of likely N-dealkylation sites (N-methyl/N-ethyl adjacent to an activating group) is 1. The summed E-state index contributed by atoms with van der Waals surface area (Å²) in [7, 11) is 2.15. The lowest BCUT2D eigenvalue weighted by molar-refractivity contribution is -0.0261. The van der Waals surface area contributed by atoms with Gasteiger partial charge in [0, 0.05) is 12.6 Å². The van der Waals surface area contributed by atoms with Gasteiger partial charge in [0.1, 0.15) is 0 Å². The highest BCUT2D eigenvalue weighted by Crippen LogP contribution is 2.29. The van der Waals surface area contributed by atoms with Crippen LogP contribution >= 0.6 is 0 Å². The molecule has 0 aliphatic carbocycles. The molecule has 1 heterocycles. The van der Waals surface area contributed by atoms with Gasteiger partial charge in [-0.3, -0.25) is 0 Å². The molecule has 2 atom stereocenters. The fourth-order valence-electron chi connectivity index (χ4n) is 2.07. The Morgan fingerprint density at radius 3 is 2.67 bits per heavy atom. The Bertz CT molecular complexity index is 192. The molecule has 1 saturated heterocycles. The van der Waals surface area contributed by atoms with E-state index in [9.17, 15) is 0 Å². The van der Waals surface area contributed by atoms with Crippen molar-refractivity contribution in [3.05, 3.63) is 0 Å². The third-order valence-corrected chi connectivity index (χ3v) is 3.04. The fraction of sp³-hybridized carbons (Fsp3) is 1.00. The first-order valence-corrected chi connectivity index (χ1v) is 6.01. The molecule has 0 saturated carbocycles. The second kappa shape index (κ2) is 5.28. The number of hydrogen-bond acceptors (Lipinski definition) is 3. The van der Waals surface area contributed by atoms with Crippen molar-refractivity contribution in [1.82, 2.24) is 4.90 Å². The molecule has 0 aromatic rings. The molecule has 0 spiro atoms. The van der Waals surface area contributed by atoms with Gasteiger partial charge in [0.15, 0.2) is 0 Å². The van der Waals surface area contributed by atoms with Crippen LogP contribution in [0.15, 0.2) is 0 Å². The van der Waals surface area contributed by atoms with Crippen LogP contribution in [0.4, 0.5) is 0 Å². The predicted molar refractivity (Wildman–Crippen MR) is 63.9 cm³/mol. The minimum absolute atomic E-state index is 0.0899. The highest BCUT2D eigenvalue weighted by Gasteiger charge is 2.31. The molecule has 15 heavy (non-hydrogen) atoms. The summed E-state index contributed by atoms with van der Waals surface area (Å²) in [5.74, 6) is 0. The van der Waals surface area contributed by atoms with Crippen LogP contribution in [0.1, 0.15) is 40.0 Å². The lowest BCUT2D eigenvalue weighted by Gasteiger charge is -2.24. The van der Waals surface area contributed by atoms with E-state index in [4.69, 9.17) is 10.5 Å². The average molecular weight is 214 g/mol. The molecule has 1 rings (SSSR count). The number of rotatable bonds is 5. The molecule has 0 bridgehead atoms. The average Bonchev–Trinajstić information content (AvgIpc) is 2.42.